The third-order valence-electron chi connectivity index (χ3n) is 5.18. The van der Waals surface area contributed by atoms with Crippen molar-refractivity contribution in [1.29, 1.82) is 0 Å². The smallest absolute Gasteiger partial charge is 0.291 e. The van der Waals surface area contributed by atoms with Crippen molar-refractivity contribution in [3.8, 4) is 0 Å². The lowest BCUT2D eigenvalue weighted by atomic mass is 10.1. The van der Waals surface area contributed by atoms with Crippen LogP contribution in [-0.4, -0.2) is 31.3 Å². The monoisotopic (exact) mass is 468 g/mol. The normalized spacial score (nSPS) is 10.3. The van der Waals surface area contributed by atoms with Crippen molar-refractivity contribution in [2.75, 3.05) is 34.4 Å². The Labute approximate surface area is 202 Å². The SMILES string of the molecule is CN(C(=O)c1ccc(NCC(=O)Nc2cccc(NC(=O)c3ccco3)c2)cc1)c1ccccc1. The molecule has 8 heteroatoms. The van der Waals surface area contributed by atoms with Crippen LogP contribution < -0.4 is 20.9 Å². The van der Waals surface area contributed by atoms with Crippen LogP contribution in [-0.2, 0) is 4.79 Å². The Morgan fingerprint density at radius 3 is 2.17 bits per heavy atom. The Hall–Kier alpha value is -4.85. The fraction of sp³-hybridized carbons (Fsp3) is 0.0741. The van der Waals surface area contributed by atoms with Crippen molar-refractivity contribution < 1.29 is 18.8 Å². The number of hydrogen-bond acceptors (Lipinski definition) is 5. The molecular formula is C27H24N4O4. The molecule has 0 atom stereocenters. The predicted octanol–water partition coefficient (Wildman–Crippen LogP) is 4.86. The van der Waals surface area contributed by atoms with Gasteiger partial charge in [0, 0.05) is 35.4 Å². The van der Waals surface area contributed by atoms with E-state index in [1.165, 1.54) is 6.26 Å². The van der Waals surface area contributed by atoms with Gasteiger partial charge in [-0.1, -0.05) is 24.3 Å². The molecule has 3 aromatic carbocycles. The van der Waals surface area contributed by atoms with Gasteiger partial charge in [-0.3, -0.25) is 14.4 Å². The Balaban J connectivity index is 1.29. The third-order valence-corrected chi connectivity index (χ3v) is 5.18. The van der Waals surface area contributed by atoms with Crippen molar-refractivity contribution in [2.24, 2.45) is 0 Å². The first-order chi connectivity index (χ1) is 17.0. The second-order valence-electron chi connectivity index (χ2n) is 7.69. The minimum atomic E-state index is -0.378. The fourth-order valence-corrected chi connectivity index (χ4v) is 3.36. The molecule has 0 aliphatic rings. The molecule has 4 rings (SSSR count). The number of carbonyl (C=O) groups excluding carboxylic acids is 3. The number of furan rings is 1. The van der Waals surface area contributed by atoms with Crippen LogP contribution in [0.15, 0.2) is 102 Å². The summed E-state index contributed by atoms with van der Waals surface area (Å²) in [6.45, 7) is 0.0280. The highest BCUT2D eigenvalue weighted by molar-refractivity contribution is 6.06. The zero-order valence-corrected chi connectivity index (χ0v) is 19.0. The molecule has 176 valence electrons. The molecular weight excluding hydrogens is 444 g/mol. The topological polar surface area (TPSA) is 104 Å². The third kappa shape index (κ3) is 6.14. The van der Waals surface area contributed by atoms with Gasteiger partial charge in [0.2, 0.25) is 5.91 Å². The number of benzene rings is 3. The molecule has 0 unspecified atom stereocenters. The zero-order valence-electron chi connectivity index (χ0n) is 19.0. The van der Waals surface area contributed by atoms with E-state index in [0.29, 0.717) is 22.6 Å². The van der Waals surface area contributed by atoms with Crippen molar-refractivity contribution in [1.82, 2.24) is 0 Å². The summed E-state index contributed by atoms with van der Waals surface area (Å²) in [4.78, 5) is 38.8. The molecule has 4 aromatic rings. The summed E-state index contributed by atoms with van der Waals surface area (Å²) in [5, 5.41) is 8.54. The van der Waals surface area contributed by atoms with Gasteiger partial charge >= 0.3 is 0 Å². The number of para-hydroxylation sites is 1. The van der Waals surface area contributed by atoms with Gasteiger partial charge in [0.25, 0.3) is 11.8 Å². The number of hydrogen-bond donors (Lipinski definition) is 3. The van der Waals surface area contributed by atoms with Crippen LogP contribution in [0.4, 0.5) is 22.7 Å². The van der Waals surface area contributed by atoms with Crippen LogP contribution in [0, 0.1) is 0 Å². The van der Waals surface area contributed by atoms with E-state index in [0.717, 1.165) is 5.69 Å². The van der Waals surface area contributed by atoms with Gasteiger partial charge in [-0.15, -0.1) is 0 Å². The maximum absolute atomic E-state index is 12.7. The van der Waals surface area contributed by atoms with Gasteiger partial charge in [-0.05, 0) is 66.7 Å². The molecule has 35 heavy (non-hydrogen) atoms. The maximum atomic E-state index is 12.7. The van der Waals surface area contributed by atoms with E-state index in [2.05, 4.69) is 16.0 Å². The summed E-state index contributed by atoms with van der Waals surface area (Å²) >= 11 is 0. The zero-order chi connectivity index (χ0) is 24.6. The van der Waals surface area contributed by atoms with Crippen LogP contribution in [0.2, 0.25) is 0 Å². The van der Waals surface area contributed by atoms with Gasteiger partial charge in [0.15, 0.2) is 5.76 Å². The van der Waals surface area contributed by atoms with Gasteiger partial charge in [-0.25, -0.2) is 0 Å². The molecule has 0 saturated heterocycles. The second kappa shape index (κ2) is 10.8. The lowest BCUT2D eigenvalue weighted by molar-refractivity contribution is -0.114. The van der Waals surface area contributed by atoms with Crippen LogP contribution >= 0.6 is 0 Å². The van der Waals surface area contributed by atoms with Crippen molar-refractivity contribution in [3.05, 3.63) is 109 Å². The Bertz CT molecular complexity index is 1300. The highest BCUT2D eigenvalue weighted by Gasteiger charge is 2.13. The van der Waals surface area contributed by atoms with Gasteiger partial charge in [-0.2, -0.15) is 0 Å². The highest BCUT2D eigenvalue weighted by Crippen LogP contribution is 2.18. The molecule has 3 N–H and O–H groups in total. The summed E-state index contributed by atoms with van der Waals surface area (Å²) < 4.78 is 5.08. The Morgan fingerprint density at radius 2 is 1.49 bits per heavy atom. The first-order valence-corrected chi connectivity index (χ1v) is 10.9. The minimum Gasteiger partial charge on any atom is -0.459 e. The van der Waals surface area contributed by atoms with Crippen LogP contribution in [0.25, 0.3) is 0 Å². The molecule has 3 amide bonds. The summed E-state index contributed by atoms with van der Waals surface area (Å²) in [6.07, 6.45) is 1.42. The number of rotatable bonds is 8. The van der Waals surface area contributed by atoms with Gasteiger partial charge in [0.05, 0.1) is 12.8 Å². The van der Waals surface area contributed by atoms with E-state index in [1.54, 1.807) is 72.6 Å². The van der Waals surface area contributed by atoms with Crippen LogP contribution in [0.1, 0.15) is 20.9 Å². The number of nitrogens with one attached hydrogen (secondary N) is 3. The second-order valence-corrected chi connectivity index (χ2v) is 7.69. The minimum absolute atomic E-state index is 0.0280. The van der Waals surface area contributed by atoms with Crippen molar-refractivity contribution >= 4 is 40.5 Å². The van der Waals surface area contributed by atoms with E-state index in [-0.39, 0.29) is 30.0 Å². The number of amides is 3. The van der Waals surface area contributed by atoms with Gasteiger partial charge < -0.3 is 25.3 Å². The molecule has 0 saturated carbocycles. The lowest BCUT2D eigenvalue weighted by Gasteiger charge is -2.17. The summed E-state index contributed by atoms with van der Waals surface area (Å²) in [5.41, 5.74) is 3.12. The van der Waals surface area contributed by atoms with Gasteiger partial charge in [0.1, 0.15) is 0 Å². The molecule has 0 aliphatic heterocycles. The van der Waals surface area contributed by atoms with E-state index >= 15 is 0 Å². The standard InChI is InChI=1S/C27H24N4O4/c1-31(23-9-3-2-4-10-23)27(34)19-12-14-20(15-13-19)28-18-25(32)29-21-7-5-8-22(17-21)30-26(33)24-11-6-16-35-24/h2-17,28H,18H2,1H3,(H,29,32)(H,30,33). The predicted molar refractivity (Wildman–Crippen MR) is 136 cm³/mol. The van der Waals surface area contributed by atoms with E-state index in [1.807, 2.05) is 30.3 Å². The number of nitrogens with zero attached hydrogens (tertiary/aromatic N) is 1. The molecule has 8 nitrogen and oxygen atoms in total. The molecule has 0 fully saturated rings. The molecule has 1 aromatic heterocycles. The average molecular weight is 469 g/mol. The Kier molecular flexibility index (Phi) is 7.22. The summed E-state index contributed by atoms with van der Waals surface area (Å²) in [6, 6.07) is 26.4. The molecule has 0 bridgehead atoms. The number of anilines is 4. The lowest BCUT2D eigenvalue weighted by Crippen LogP contribution is -2.26. The highest BCUT2D eigenvalue weighted by atomic mass is 16.3. The maximum Gasteiger partial charge on any atom is 0.291 e. The van der Waals surface area contributed by atoms with Crippen molar-refractivity contribution in [2.45, 2.75) is 0 Å². The first-order valence-electron chi connectivity index (χ1n) is 10.9. The molecule has 1 heterocycles. The Morgan fingerprint density at radius 1 is 0.771 bits per heavy atom. The van der Waals surface area contributed by atoms with E-state index in [9.17, 15) is 14.4 Å². The average Bonchev–Trinajstić information content (AvgIpc) is 3.43. The van der Waals surface area contributed by atoms with Crippen LogP contribution in [0.5, 0.6) is 0 Å². The van der Waals surface area contributed by atoms with E-state index in [4.69, 9.17) is 4.42 Å². The first kappa shape index (κ1) is 23.3. The van der Waals surface area contributed by atoms with Crippen molar-refractivity contribution in [3.63, 3.8) is 0 Å². The molecule has 0 spiro atoms. The number of carbonyl (C=O) groups is 3. The van der Waals surface area contributed by atoms with Crippen LogP contribution in [0.3, 0.4) is 0 Å². The summed E-state index contributed by atoms with van der Waals surface area (Å²) in [5.74, 6) is -0.567. The molecule has 0 aliphatic carbocycles. The largest absolute Gasteiger partial charge is 0.459 e. The quantitative estimate of drug-likeness (QED) is 0.343. The van der Waals surface area contributed by atoms with E-state index < -0.39 is 0 Å². The molecule has 0 radical (unpaired) electrons. The summed E-state index contributed by atoms with van der Waals surface area (Å²) in [7, 11) is 1.73. The fourth-order valence-electron chi connectivity index (χ4n) is 3.36.